The SMILES string of the molecule is CCOC1CC(Nc2ccc(N3CCOCC3)cc2)C1. The minimum absolute atomic E-state index is 0.463. The molecule has 20 heavy (non-hydrogen) atoms. The van der Waals surface area contributed by atoms with Crippen LogP contribution in [-0.2, 0) is 9.47 Å². The molecule has 4 nitrogen and oxygen atoms in total. The molecule has 1 heterocycles. The normalized spacial score (nSPS) is 26.1. The Morgan fingerprint density at radius 3 is 2.55 bits per heavy atom. The topological polar surface area (TPSA) is 33.7 Å². The summed E-state index contributed by atoms with van der Waals surface area (Å²) in [5.41, 5.74) is 2.50. The second-order valence-corrected chi connectivity index (χ2v) is 5.54. The summed E-state index contributed by atoms with van der Waals surface area (Å²) in [5, 5.41) is 3.57. The van der Waals surface area contributed by atoms with Crippen molar-refractivity contribution in [1.29, 1.82) is 0 Å². The number of morpholine rings is 1. The molecular formula is C16H24N2O2. The Bertz CT molecular complexity index is 409. The van der Waals surface area contributed by atoms with E-state index >= 15 is 0 Å². The van der Waals surface area contributed by atoms with Crippen LogP contribution in [0.15, 0.2) is 24.3 Å². The highest BCUT2D eigenvalue weighted by Gasteiger charge is 2.29. The average Bonchev–Trinajstić information content (AvgIpc) is 2.47. The number of ether oxygens (including phenoxy) is 2. The molecule has 2 aliphatic rings. The van der Waals surface area contributed by atoms with Crippen LogP contribution in [0.25, 0.3) is 0 Å². The van der Waals surface area contributed by atoms with Gasteiger partial charge in [-0.3, -0.25) is 0 Å². The number of hydrogen-bond acceptors (Lipinski definition) is 4. The van der Waals surface area contributed by atoms with E-state index in [0.29, 0.717) is 12.1 Å². The summed E-state index contributed by atoms with van der Waals surface area (Å²) in [4.78, 5) is 2.38. The molecule has 1 aliphatic heterocycles. The summed E-state index contributed by atoms with van der Waals surface area (Å²) in [7, 11) is 0. The van der Waals surface area contributed by atoms with Crippen molar-refractivity contribution in [1.82, 2.24) is 0 Å². The fourth-order valence-electron chi connectivity index (χ4n) is 2.88. The molecule has 4 heteroatoms. The van der Waals surface area contributed by atoms with Crippen LogP contribution in [-0.4, -0.2) is 45.1 Å². The van der Waals surface area contributed by atoms with E-state index in [2.05, 4.69) is 41.4 Å². The highest BCUT2D eigenvalue weighted by Crippen LogP contribution is 2.27. The Labute approximate surface area is 121 Å². The van der Waals surface area contributed by atoms with Crippen LogP contribution in [0.4, 0.5) is 11.4 Å². The third kappa shape index (κ3) is 3.25. The van der Waals surface area contributed by atoms with Gasteiger partial charge in [-0.2, -0.15) is 0 Å². The minimum atomic E-state index is 0.463. The molecule has 1 aromatic carbocycles. The van der Waals surface area contributed by atoms with Crippen molar-refractivity contribution in [3.63, 3.8) is 0 Å². The first-order chi connectivity index (χ1) is 9.85. The summed E-state index contributed by atoms with van der Waals surface area (Å²) in [6.07, 6.45) is 2.71. The van der Waals surface area contributed by atoms with E-state index in [-0.39, 0.29) is 0 Å². The lowest BCUT2D eigenvalue weighted by Crippen LogP contribution is -2.40. The number of rotatable bonds is 5. The van der Waals surface area contributed by atoms with Crippen molar-refractivity contribution < 1.29 is 9.47 Å². The van der Waals surface area contributed by atoms with Crippen LogP contribution in [0.3, 0.4) is 0 Å². The Balaban J connectivity index is 1.49. The van der Waals surface area contributed by atoms with Gasteiger partial charge in [-0.15, -0.1) is 0 Å². The van der Waals surface area contributed by atoms with E-state index in [1.807, 2.05) is 0 Å². The molecular weight excluding hydrogens is 252 g/mol. The van der Waals surface area contributed by atoms with Gasteiger partial charge in [0.05, 0.1) is 19.3 Å². The van der Waals surface area contributed by atoms with E-state index in [1.54, 1.807) is 0 Å². The summed E-state index contributed by atoms with van der Waals surface area (Å²) < 4.78 is 11.0. The molecule has 1 N–H and O–H groups in total. The Kier molecular flexibility index (Phi) is 4.43. The summed E-state index contributed by atoms with van der Waals surface area (Å²) in [6, 6.07) is 9.33. The molecule has 0 spiro atoms. The van der Waals surface area contributed by atoms with E-state index in [9.17, 15) is 0 Å². The van der Waals surface area contributed by atoms with Crippen LogP contribution < -0.4 is 10.2 Å². The molecule has 1 saturated carbocycles. The summed E-state index contributed by atoms with van der Waals surface area (Å²) in [5.74, 6) is 0. The van der Waals surface area contributed by atoms with Gasteiger partial charge in [0, 0.05) is 37.1 Å². The van der Waals surface area contributed by atoms with Crippen molar-refractivity contribution in [3.8, 4) is 0 Å². The van der Waals surface area contributed by atoms with Crippen LogP contribution in [0.1, 0.15) is 19.8 Å². The molecule has 0 amide bonds. The van der Waals surface area contributed by atoms with E-state index in [4.69, 9.17) is 9.47 Å². The second kappa shape index (κ2) is 6.46. The molecule has 0 atom stereocenters. The first-order valence-electron chi connectivity index (χ1n) is 7.66. The molecule has 110 valence electrons. The fraction of sp³-hybridized carbons (Fsp3) is 0.625. The zero-order valence-corrected chi connectivity index (χ0v) is 12.2. The molecule has 0 radical (unpaired) electrons. The highest BCUT2D eigenvalue weighted by atomic mass is 16.5. The van der Waals surface area contributed by atoms with Crippen molar-refractivity contribution in [2.75, 3.05) is 43.1 Å². The summed E-state index contributed by atoms with van der Waals surface area (Å²) in [6.45, 7) is 6.54. The van der Waals surface area contributed by atoms with Crippen LogP contribution in [0, 0.1) is 0 Å². The second-order valence-electron chi connectivity index (χ2n) is 5.54. The Hall–Kier alpha value is -1.26. The Morgan fingerprint density at radius 1 is 1.20 bits per heavy atom. The molecule has 1 aromatic rings. The van der Waals surface area contributed by atoms with Crippen LogP contribution in [0.5, 0.6) is 0 Å². The predicted octanol–water partition coefficient (Wildman–Crippen LogP) is 2.50. The third-order valence-corrected chi connectivity index (χ3v) is 4.11. The first-order valence-corrected chi connectivity index (χ1v) is 7.66. The van der Waals surface area contributed by atoms with Crippen LogP contribution >= 0.6 is 0 Å². The number of hydrogen-bond donors (Lipinski definition) is 1. The molecule has 1 saturated heterocycles. The van der Waals surface area contributed by atoms with Gasteiger partial charge in [-0.25, -0.2) is 0 Å². The molecule has 0 bridgehead atoms. The Morgan fingerprint density at radius 2 is 1.90 bits per heavy atom. The molecule has 0 unspecified atom stereocenters. The number of nitrogens with one attached hydrogen (secondary N) is 1. The van der Waals surface area contributed by atoms with Gasteiger partial charge in [0.2, 0.25) is 0 Å². The van der Waals surface area contributed by atoms with Gasteiger partial charge in [0.25, 0.3) is 0 Å². The number of anilines is 2. The fourth-order valence-corrected chi connectivity index (χ4v) is 2.88. The van der Waals surface area contributed by atoms with Crippen LogP contribution in [0.2, 0.25) is 0 Å². The van der Waals surface area contributed by atoms with Gasteiger partial charge >= 0.3 is 0 Å². The summed E-state index contributed by atoms with van der Waals surface area (Å²) >= 11 is 0. The number of benzene rings is 1. The third-order valence-electron chi connectivity index (χ3n) is 4.11. The van der Waals surface area contributed by atoms with E-state index in [0.717, 1.165) is 45.8 Å². The van der Waals surface area contributed by atoms with Gasteiger partial charge in [-0.05, 0) is 44.0 Å². The van der Waals surface area contributed by atoms with Gasteiger partial charge in [0.15, 0.2) is 0 Å². The molecule has 2 fully saturated rings. The molecule has 3 rings (SSSR count). The van der Waals surface area contributed by atoms with Gasteiger partial charge in [-0.1, -0.05) is 0 Å². The minimum Gasteiger partial charge on any atom is -0.382 e. The lowest BCUT2D eigenvalue weighted by Gasteiger charge is -2.36. The largest absolute Gasteiger partial charge is 0.382 e. The van der Waals surface area contributed by atoms with Gasteiger partial charge < -0.3 is 19.7 Å². The standard InChI is InChI=1S/C16H24N2O2/c1-2-20-16-11-14(12-16)17-13-3-5-15(6-4-13)18-7-9-19-10-8-18/h3-6,14,16-17H,2,7-12H2,1H3. The number of nitrogens with zero attached hydrogens (tertiary/aromatic N) is 1. The molecule has 1 aliphatic carbocycles. The quantitative estimate of drug-likeness (QED) is 0.896. The maximum atomic E-state index is 5.59. The molecule has 0 aromatic heterocycles. The van der Waals surface area contributed by atoms with Crippen molar-refractivity contribution in [3.05, 3.63) is 24.3 Å². The predicted molar refractivity (Wildman–Crippen MR) is 81.5 cm³/mol. The van der Waals surface area contributed by atoms with Crippen molar-refractivity contribution in [2.24, 2.45) is 0 Å². The lowest BCUT2D eigenvalue weighted by atomic mass is 9.89. The monoisotopic (exact) mass is 276 g/mol. The average molecular weight is 276 g/mol. The van der Waals surface area contributed by atoms with Crippen molar-refractivity contribution >= 4 is 11.4 Å². The maximum Gasteiger partial charge on any atom is 0.0642 e. The lowest BCUT2D eigenvalue weighted by molar-refractivity contribution is 0.00299. The first kappa shape index (κ1) is 13.7. The van der Waals surface area contributed by atoms with Crippen molar-refractivity contribution in [2.45, 2.75) is 31.9 Å². The maximum absolute atomic E-state index is 5.59. The van der Waals surface area contributed by atoms with E-state index < -0.39 is 0 Å². The zero-order valence-electron chi connectivity index (χ0n) is 12.2. The van der Waals surface area contributed by atoms with E-state index in [1.165, 1.54) is 11.4 Å². The highest BCUT2D eigenvalue weighted by molar-refractivity contribution is 5.55. The zero-order chi connectivity index (χ0) is 13.8. The smallest absolute Gasteiger partial charge is 0.0642 e. The van der Waals surface area contributed by atoms with Gasteiger partial charge in [0.1, 0.15) is 0 Å².